The van der Waals surface area contributed by atoms with Gasteiger partial charge in [0.05, 0.1) is 12.9 Å². The SMILES string of the molecule is C#C[C@@]1(O)[C@@H](COC(Cc2ccc(-c3ccccc3)cc2)(C(=O)O)C(=O)O)O[C@@H](n2cnc3c(N)nc(Cl)nc32)[C@@H]1O. The average Bonchev–Trinajstić information content (AvgIpc) is 3.50. The molecule has 2 aromatic heterocycles. The predicted octanol–water partition coefficient (Wildman–Crippen LogP) is 1.52. The number of hydrogen-bond acceptors (Lipinski definition) is 10. The first-order valence-corrected chi connectivity index (χ1v) is 12.8. The molecule has 6 N–H and O–H groups in total. The summed E-state index contributed by atoms with van der Waals surface area (Å²) < 4.78 is 12.5. The van der Waals surface area contributed by atoms with Crippen LogP contribution in [0.15, 0.2) is 60.9 Å². The molecule has 4 atom stereocenters. The van der Waals surface area contributed by atoms with Crippen LogP contribution >= 0.6 is 11.6 Å². The van der Waals surface area contributed by atoms with Gasteiger partial charge in [-0.15, -0.1) is 6.42 Å². The summed E-state index contributed by atoms with van der Waals surface area (Å²) in [4.78, 5) is 36.7. The highest BCUT2D eigenvalue weighted by atomic mass is 35.5. The molecule has 0 aliphatic carbocycles. The second-order valence-corrected chi connectivity index (χ2v) is 9.96. The fourth-order valence-electron chi connectivity index (χ4n) is 4.78. The van der Waals surface area contributed by atoms with E-state index in [4.69, 9.17) is 33.2 Å². The quantitative estimate of drug-likeness (QED) is 0.106. The Morgan fingerprint density at radius 2 is 1.76 bits per heavy atom. The Morgan fingerprint density at radius 3 is 2.38 bits per heavy atom. The molecule has 42 heavy (non-hydrogen) atoms. The average molecular weight is 594 g/mol. The summed E-state index contributed by atoms with van der Waals surface area (Å²) in [6.45, 7) is -0.820. The van der Waals surface area contributed by atoms with Crippen LogP contribution in [0.25, 0.3) is 22.3 Å². The Hall–Kier alpha value is -4.58. The number of terminal acetylenes is 1. The molecule has 0 bridgehead atoms. The Bertz CT molecular complexity index is 1680. The maximum absolute atomic E-state index is 12.4. The van der Waals surface area contributed by atoms with Crippen LogP contribution < -0.4 is 5.73 Å². The number of anilines is 1. The third-order valence-corrected chi connectivity index (χ3v) is 7.30. The molecule has 0 unspecified atom stereocenters. The number of aliphatic hydroxyl groups is 2. The van der Waals surface area contributed by atoms with Crippen LogP contribution in [0.4, 0.5) is 5.82 Å². The molecule has 1 saturated heterocycles. The van der Waals surface area contributed by atoms with Gasteiger partial charge in [-0.05, 0) is 28.3 Å². The van der Waals surface area contributed by atoms with Gasteiger partial charge in [-0.1, -0.05) is 60.5 Å². The number of aliphatic hydroxyl groups excluding tert-OH is 1. The van der Waals surface area contributed by atoms with Gasteiger partial charge in [0.1, 0.15) is 17.7 Å². The predicted molar refractivity (Wildman–Crippen MR) is 148 cm³/mol. The van der Waals surface area contributed by atoms with Crippen molar-refractivity contribution >= 4 is 40.5 Å². The van der Waals surface area contributed by atoms with Crippen molar-refractivity contribution < 1.29 is 39.5 Å². The molecule has 0 radical (unpaired) electrons. The number of ether oxygens (including phenoxy) is 2. The van der Waals surface area contributed by atoms with Gasteiger partial charge in [0.15, 0.2) is 23.3 Å². The minimum atomic E-state index is -2.78. The lowest BCUT2D eigenvalue weighted by atomic mass is 9.91. The Balaban J connectivity index is 1.41. The van der Waals surface area contributed by atoms with Crippen LogP contribution in [0.2, 0.25) is 5.28 Å². The smallest absolute Gasteiger partial charge is 0.348 e. The topological polar surface area (TPSA) is 203 Å². The van der Waals surface area contributed by atoms with Gasteiger partial charge in [0.25, 0.3) is 5.60 Å². The summed E-state index contributed by atoms with van der Waals surface area (Å²) in [7, 11) is 0. The molecular weight excluding hydrogens is 570 g/mol. The molecule has 0 amide bonds. The third kappa shape index (κ3) is 4.91. The number of hydrogen-bond donors (Lipinski definition) is 5. The molecule has 1 aliphatic rings. The number of aliphatic carboxylic acids is 2. The van der Waals surface area contributed by atoms with E-state index < -0.39 is 54.6 Å². The summed E-state index contributed by atoms with van der Waals surface area (Å²) >= 11 is 5.91. The number of nitrogens with two attached hydrogens (primary N) is 1. The summed E-state index contributed by atoms with van der Waals surface area (Å²) in [5, 5.41) is 42.0. The molecule has 2 aromatic carbocycles. The molecule has 5 rings (SSSR count). The molecule has 1 aliphatic heterocycles. The Morgan fingerprint density at radius 1 is 1.12 bits per heavy atom. The molecule has 1 fully saturated rings. The molecule has 0 spiro atoms. The number of imidazole rings is 1. The minimum absolute atomic E-state index is 0.0483. The largest absolute Gasteiger partial charge is 0.479 e. The Labute approximate surface area is 243 Å². The van der Waals surface area contributed by atoms with Gasteiger partial charge in [-0.2, -0.15) is 9.97 Å². The number of aromatic nitrogens is 4. The number of fused-ring (bicyclic) bond motifs is 1. The van der Waals surface area contributed by atoms with E-state index in [9.17, 15) is 30.0 Å². The molecular formula is C28H24ClN5O8. The van der Waals surface area contributed by atoms with E-state index in [1.807, 2.05) is 30.3 Å². The maximum Gasteiger partial charge on any atom is 0.348 e. The van der Waals surface area contributed by atoms with Gasteiger partial charge in [-0.3, -0.25) is 4.57 Å². The first-order valence-electron chi connectivity index (χ1n) is 12.4. The highest BCUT2D eigenvalue weighted by molar-refractivity contribution is 6.28. The minimum Gasteiger partial charge on any atom is -0.479 e. The normalized spacial score (nSPS) is 22.2. The van der Waals surface area contributed by atoms with Crippen LogP contribution in [0, 0.1) is 12.3 Å². The molecule has 216 valence electrons. The van der Waals surface area contributed by atoms with Crippen LogP contribution in [-0.2, 0) is 25.5 Å². The number of carboxylic acids is 2. The van der Waals surface area contributed by atoms with Crippen LogP contribution in [-0.4, -0.2) is 81.9 Å². The second-order valence-electron chi connectivity index (χ2n) is 9.62. The standard InChI is InChI=1S/C28H24ClN5O8/c1-2-27(40)18(42-23(20(27)35)34-14-31-19-21(30)32-26(29)33-22(19)34)13-41-28(24(36)37,25(38)39)12-15-8-10-17(11-9-15)16-6-4-3-5-7-16/h1,3-11,14,18,20,23,35,40H,12-13H2,(H,36,37)(H,38,39)(H2,30,32,33)/t18-,20+,23-,27-/m1/s1. The molecule has 13 nitrogen and oxygen atoms in total. The van der Waals surface area contributed by atoms with Gasteiger partial charge < -0.3 is 35.6 Å². The fraction of sp³-hybridized carbons (Fsp3) is 0.250. The molecule has 14 heteroatoms. The first-order chi connectivity index (χ1) is 20.0. The molecule has 4 aromatic rings. The number of nitrogen functional groups attached to an aromatic ring is 1. The summed E-state index contributed by atoms with van der Waals surface area (Å²) in [6.07, 6.45) is 1.39. The van der Waals surface area contributed by atoms with Crippen molar-refractivity contribution in [3.63, 3.8) is 0 Å². The highest BCUT2D eigenvalue weighted by Gasteiger charge is 2.58. The zero-order chi connectivity index (χ0) is 30.2. The van der Waals surface area contributed by atoms with E-state index in [1.165, 1.54) is 10.9 Å². The van der Waals surface area contributed by atoms with Crippen molar-refractivity contribution in [1.29, 1.82) is 0 Å². The van der Waals surface area contributed by atoms with E-state index in [2.05, 4.69) is 20.9 Å². The van der Waals surface area contributed by atoms with Gasteiger partial charge in [-0.25, -0.2) is 14.6 Å². The summed E-state index contributed by atoms with van der Waals surface area (Å²) in [5.41, 5.74) is 2.94. The highest BCUT2D eigenvalue weighted by Crippen LogP contribution is 2.39. The third-order valence-electron chi connectivity index (χ3n) is 7.13. The monoisotopic (exact) mass is 593 g/mol. The van der Waals surface area contributed by atoms with Crippen LogP contribution in [0.5, 0.6) is 0 Å². The zero-order valence-corrected chi connectivity index (χ0v) is 22.4. The maximum atomic E-state index is 12.4. The molecule has 0 saturated carbocycles. The number of carbonyl (C=O) groups is 2. The van der Waals surface area contributed by atoms with E-state index in [-0.39, 0.29) is 22.3 Å². The van der Waals surface area contributed by atoms with Crippen molar-refractivity contribution in [2.75, 3.05) is 12.3 Å². The number of carboxylic acid groups (broad SMARTS) is 2. The zero-order valence-electron chi connectivity index (χ0n) is 21.7. The van der Waals surface area contributed by atoms with E-state index >= 15 is 0 Å². The first kappa shape index (κ1) is 28.9. The van der Waals surface area contributed by atoms with Gasteiger partial charge in [0.2, 0.25) is 5.28 Å². The van der Waals surface area contributed by atoms with Crippen molar-refractivity contribution in [3.8, 4) is 23.5 Å². The second kappa shape index (κ2) is 11.0. The fourth-order valence-corrected chi connectivity index (χ4v) is 4.95. The lowest BCUT2D eigenvalue weighted by Gasteiger charge is -2.30. The van der Waals surface area contributed by atoms with E-state index in [0.717, 1.165) is 11.1 Å². The van der Waals surface area contributed by atoms with Crippen molar-refractivity contribution in [3.05, 3.63) is 71.8 Å². The lowest BCUT2D eigenvalue weighted by molar-refractivity contribution is -0.191. The lowest BCUT2D eigenvalue weighted by Crippen LogP contribution is -2.55. The van der Waals surface area contributed by atoms with Crippen LogP contribution in [0.3, 0.4) is 0 Å². The number of halogens is 1. The number of rotatable bonds is 9. The van der Waals surface area contributed by atoms with E-state index in [1.54, 1.807) is 24.3 Å². The van der Waals surface area contributed by atoms with E-state index in [0.29, 0.717) is 5.56 Å². The number of benzene rings is 2. The number of nitrogens with zero attached hydrogens (tertiary/aromatic N) is 4. The van der Waals surface area contributed by atoms with Crippen molar-refractivity contribution in [2.24, 2.45) is 0 Å². The Kier molecular flexibility index (Phi) is 7.58. The summed E-state index contributed by atoms with van der Waals surface area (Å²) in [5.74, 6) is -1.57. The van der Waals surface area contributed by atoms with Gasteiger partial charge in [0, 0.05) is 6.42 Å². The summed E-state index contributed by atoms with van der Waals surface area (Å²) in [6, 6.07) is 16.1. The van der Waals surface area contributed by atoms with Gasteiger partial charge >= 0.3 is 11.9 Å². The molecule has 3 heterocycles. The van der Waals surface area contributed by atoms with Crippen LogP contribution in [0.1, 0.15) is 11.8 Å². The van der Waals surface area contributed by atoms with Crippen molar-refractivity contribution in [1.82, 2.24) is 19.5 Å². The van der Waals surface area contributed by atoms with Crippen molar-refractivity contribution in [2.45, 2.75) is 36.1 Å².